The van der Waals surface area contributed by atoms with Crippen LogP contribution < -0.4 is 5.32 Å². The maximum absolute atomic E-state index is 12.5. The first-order valence-corrected chi connectivity index (χ1v) is 8.63. The van der Waals surface area contributed by atoms with Gasteiger partial charge in [0.05, 0.1) is 6.61 Å². The number of pyridine rings is 1. The van der Waals surface area contributed by atoms with Gasteiger partial charge in [-0.25, -0.2) is 9.78 Å². The minimum atomic E-state index is -0.473. The number of piperidine rings is 1. The van der Waals surface area contributed by atoms with Crippen LogP contribution in [0, 0.1) is 11.8 Å². The van der Waals surface area contributed by atoms with Crippen LogP contribution in [-0.2, 0) is 9.53 Å². The van der Waals surface area contributed by atoms with Gasteiger partial charge < -0.3 is 10.1 Å². The van der Waals surface area contributed by atoms with Crippen molar-refractivity contribution < 1.29 is 14.3 Å². The van der Waals surface area contributed by atoms with E-state index in [9.17, 15) is 9.59 Å². The smallest absolute Gasteiger partial charge is 0.410 e. The van der Waals surface area contributed by atoms with Crippen LogP contribution in [0.3, 0.4) is 0 Å². The Morgan fingerprint density at radius 1 is 1.43 bits per heavy atom. The fourth-order valence-corrected chi connectivity index (χ4v) is 3.30. The van der Waals surface area contributed by atoms with Gasteiger partial charge in [0.15, 0.2) is 0 Å². The lowest BCUT2D eigenvalue weighted by atomic mass is 10.1. The first-order valence-electron chi connectivity index (χ1n) is 7.84. The van der Waals surface area contributed by atoms with Crippen LogP contribution >= 0.6 is 15.9 Å². The number of hydrogen-bond donors (Lipinski definition) is 1. The number of carbonyl (C=O) groups is 2. The fourth-order valence-electron chi connectivity index (χ4n) is 2.95. The number of carbonyl (C=O) groups excluding carboxylic acids is 2. The second-order valence-corrected chi connectivity index (χ2v) is 7.34. The quantitative estimate of drug-likeness (QED) is 0.813. The molecule has 2 fully saturated rings. The van der Waals surface area contributed by atoms with Crippen molar-refractivity contribution in [3.05, 3.63) is 22.8 Å². The van der Waals surface area contributed by atoms with Gasteiger partial charge in [0.1, 0.15) is 16.5 Å². The van der Waals surface area contributed by atoms with Crippen molar-refractivity contribution >= 4 is 33.7 Å². The molecule has 3 unspecified atom stereocenters. The summed E-state index contributed by atoms with van der Waals surface area (Å²) in [5.74, 6) is 0.965. The predicted octanol–water partition coefficient (Wildman–Crippen LogP) is 3.04. The Morgan fingerprint density at radius 3 is 2.91 bits per heavy atom. The molecular formula is C16H20BrN3O3. The Morgan fingerprint density at radius 2 is 2.22 bits per heavy atom. The predicted molar refractivity (Wildman–Crippen MR) is 88.9 cm³/mol. The number of amides is 2. The first-order chi connectivity index (χ1) is 11.0. The number of fused-ring (bicyclic) bond motifs is 1. The number of hydrogen-bond acceptors (Lipinski definition) is 4. The van der Waals surface area contributed by atoms with Crippen molar-refractivity contribution in [1.29, 1.82) is 0 Å². The molecular weight excluding hydrogens is 362 g/mol. The lowest BCUT2D eigenvalue weighted by Gasteiger charge is -2.26. The summed E-state index contributed by atoms with van der Waals surface area (Å²) in [6.07, 6.45) is 1.28. The second-order valence-electron chi connectivity index (χ2n) is 6.53. The van der Waals surface area contributed by atoms with Crippen molar-refractivity contribution in [3.63, 3.8) is 0 Å². The normalized spacial score (nSPS) is 25.2. The van der Waals surface area contributed by atoms with Crippen LogP contribution in [0.25, 0.3) is 0 Å². The molecule has 1 aromatic heterocycles. The summed E-state index contributed by atoms with van der Waals surface area (Å²) in [5, 5.41) is 2.79. The first kappa shape index (κ1) is 16.2. The number of halogens is 1. The van der Waals surface area contributed by atoms with Gasteiger partial charge >= 0.3 is 6.09 Å². The molecule has 23 heavy (non-hydrogen) atoms. The Bertz CT molecular complexity index is 622. The van der Waals surface area contributed by atoms with E-state index in [4.69, 9.17) is 4.74 Å². The van der Waals surface area contributed by atoms with E-state index < -0.39 is 6.04 Å². The monoisotopic (exact) mass is 381 g/mol. The lowest BCUT2D eigenvalue weighted by Crippen LogP contribution is -2.46. The summed E-state index contributed by atoms with van der Waals surface area (Å²) in [4.78, 5) is 30.6. The van der Waals surface area contributed by atoms with E-state index in [1.807, 2.05) is 13.8 Å². The molecule has 1 aromatic rings. The summed E-state index contributed by atoms with van der Waals surface area (Å²) in [6.45, 7) is 4.34. The summed E-state index contributed by atoms with van der Waals surface area (Å²) in [5.41, 5.74) is 0. The topological polar surface area (TPSA) is 71.5 Å². The molecule has 1 saturated heterocycles. The van der Waals surface area contributed by atoms with E-state index >= 15 is 0 Å². The minimum Gasteiger partial charge on any atom is -0.449 e. The van der Waals surface area contributed by atoms with Gasteiger partial charge in [-0.2, -0.15) is 0 Å². The van der Waals surface area contributed by atoms with Crippen LogP contribution in [0.4, 0.5) is 10.6 Å². The maximum Gasteiger partial charge on any atom is 0.410 e. The Labute approximate surface area is 143 Å². The average molecular weight is 382 g/mol. The van der Waals surface area contributed by atoms with E-state index in [2.05, 4.69) is 26.2 Å². The van der Waals surface area contributed by atoms with Crippen molar-refractivity contribution in [2.45, 2.75) is 38.8 Å². The van der Waals surface area contributed by atoms with Gasteiger partial charge in [-0.15, -0.1) is 0 Å². The summed E-state index contributed by atoms with van der Waals surface area (Å²) >= 11 is 3.27. The molecule has 0 spiro atoms. The van der Waals surface area contributed by atoms with Crippen LogP contribution in [0.1, 0.15) is 26.7 Å². The minimum absolute atomic E-state index is 0.154. The Kier molecular flexibility index (Phi) is 4.57. The number of rotatable bonds is 4. The molecule has 1 aliphatic heterocycles. The second kappa shape index (κ2) is 6.47. The van der Waals surface area contributed by atoms with Gasteiger partial charge in [0.25, 0.3) is 0 Å². The molecule has 2 heterocycles. The molecule has 6 nitrogen and oxygen atoms in total. The van der Waals surface area contributed by atoms with Crippen LogP contribution in [0.2, 0.25) is 0 Å². The highest BCUT2D eigenvalue weighted by molar-refractivity contribution is 9.10. The van der Waals surface area contributed by atoms with E-state index in [0.29, 0.717) is 29.4 Å². The van der Waals surface area contributed by atoms with Crippen molar-refractivity contribution in [2.75, 3.05) is 11.9 Å². The number of anilines is 1. The summed E-state index contributed by atoms with van der Waals surface area (Å²) < 4.78 is 5.97. The summed E-state index contributed by atoms with van der Waals surface area (Å²) in [7, 11) is 0. The number of aromatic nitrogens is 1. The molecule has 3 rings (SSSR count). The molecule has 1 saturated carbocycles. The zero-order valence-electron chi connectivity index (χ0n) is 13.2. The van der Waals surface area contributed by atoms with Gasteiger partial charge in [0.2, 0.25) is 5.91 Å². The lowest BCUT2D eigenvalue weighted by molar-refractivity contribution is -0.120. The largest absolute Gasteiger partial charge is 0.449 e. The highest BCUT2D eigenvalue weighted by Crippen LogP contribution is 2.48. The molecule has 124 valence electrons. The molecule has 0 bridgehead atoms. The highest BCUT2D eigenvalue weighted by Gasteiger charge is 2.56. The Balaban J connectivity index is 1.66. The zero-order chi connectivity index (χ0) is 16.6. The molecule has 2 aliphatic rings. The molecule has 0 radical (unpaired) electrons. The molecule has 7 heteroatoms. The van der Waals surface area contributed by atoms with E-state index in [0.717, 1.165) is 6.42 Å². The molecule has 1 aliphatic carbocycles. The fraction of sp³-hybridized carbons (Fsp3) is 0.562. The highest BCUT2D eigenvalue weighted by atomic mass is 79.9. The molecule has 3 atom stereocenters. The van der Waals surface area contributed by atoms with Gasteiger partial charge in [-0.1, -0.05) is 19.9 Å². The third-order valence-corrected chi connectivity index (χ3v) is 4.57. The number of nitrogens with zero attached hydrogens (tertiary/aromatic N) is 2. The number of ether oxygens (including phenoxy) is 1. The van der Waals surface area contributed by atoms with E-state index in [1.165, 1.54) is 0 Å². The third-order valence-electron chi connectivity index (χ3n) is 4.12. The standard InChI is InChI=1S/C16H20BrN3O3/c1-9(2)8-23-16(22)20-11-6-10(11)7-12(20)15(21)19-14-5-3-4-13(17)18-14/h3-5,9-12H,6-8H2,1-2H3,(H,18,19,21). The Hall–Kier alpha value is -1.63. The van der Waals surface area contributed by atoms with Gasteiger partial charge in [-0.05, 0) is 52.7 Å². The molecule has 1 N–H and O–H groups in total. The summed E-state index contributed by atoms with van der Waals surface area (Å²) in [6, 6.07) is 4.99. The third kappa shape index (κ3) is 3.65. The average Bonchev–Trinajstić information content (AvgIpc) is 3.15. The van der Waals surface area contributed by atoms with Crippen LogP contribution in [0.15, 0.2) is 22.8 Å². The zero-order valence-corrected chi connectivity index (χ0v) is 14.7. The van der Waals surface area contributed by atoms with Gasteiger partial charge in [0, 0.05) is 6.04 Å². The number of nitrogens with one attached hydrogen (secondary N) is 1. The molecule has 2 amide bonds. The van der Waals surface area contributed by atoms with E-state index in [1.54, 1.807) is 23.1 Å². The van der Waals surface area contributed by atoms with Crippen molar-refractivity contribution in [2.24, 2.45) is 11.8 Å². The van der Waals surface area contributed by atoms with Crippen LogP contribution in [-0.4, -0.2) is 40.6 Å². The maximum atomic E-state index is 12.5. The molecule has 0 aromatic carbocycles. The van der Waals surface area contributed by atoms with Crippen molar-refractivity contribution in [1.82, 2.24) is 9.88 Å². The van der Waals surface area contributed by atoms with Gasteiger partial charge in [-0.3, -0.25) is 9.69 Å². The van der Waals surface area contributed by atoms with E-state index in [-0.39, 0.29) is 24.0 Å². The van der Waals surface area contributed by atoms with Crippen LogP contribution in [0.5, 0.6) is 0 Å². The van der Waals surface area contributed by atoms with Crippen molar-refractivity contribution in [3.8, 4) is 0 Å². The number of likely N-dealkylation sites (tertiary alicyclic amines) is 1. The SMILES string of the molecule is CC(C)COC(=O)N1C(C(=O)Nc2cccc(Br)n2)CC2CC21.